The number of likely N-dealkylation sites (N-methyl/N-ethyl adjacent to an activating group) is 1. The van der Waals surface area contributed by atoms with Crippen molar-refractivity contribution in [2.45, 2.75) is 26.8 Å². The van der Waals surface area contributed by atoms with Crippen molar-refractivity contribution in [3.05, 3.63) is 71.5 Å². The van der Waals surface area contributed by atoms with Crippen molar-refractivity contribution in [2.24, 2.45) is 5.92 Å². The smallest absolute Gasteiger partial charge is 0.232 e. The van der Waals surface area contributed by atoms with Gasteiger partial charge in [-0.1, -0.05) is 49.3 Å². The molecule has 0 N–H and O–H groups in total. The van der Waals surface area contributed by atoms with Crippen LogP contribution in [0.15, 0.2) is 59.1 Å². The second kappa shape index (κ2) is 10.8. The Morgan fingerprint density at radius 3 is 2.38 bits per heavy atom. The highest BCUT2D eigenvalue weighted by atomic mass is 19.1. The van der Waals surface area contributed by atoms with Gasteiger partial charge >= 0.3 is 0 Å². The van der Waals surface area contributed by atoms with Gasteiger partial charge in [0.1, 0.15) is 11.5 Å². The number of aromatic nitrogens is 1. The van der Waals surface area contributed by atoms with Crippen molar-refractivity contribution in [3.63, 3.8) is 0 Å². The molecule has 0 atom stereocenters. The SMILES string of the molecule is CC(C)CN(Cc1c(-c2ccc(F)cc2)noc1N1CCN(C)CC1)C(=O)Cc1ccccc1. The minimum absolute atomic E-state index is 0.0653. The molecule has 3 aromatic rings. The van der Waals surface area contributed by atoms with Crippen LogP contribution in [0.2, 0.25) is 0 Å². The van der Waals surface area contributed by atoms with Crippen LogP contribution in [0.25, 0.3) is 11.3 Å². The average Bonchev–Trinajstić information content (AvgIpc) is 3.23. The molecule has 2 aromatic carbocycles. The summed E-state index contributed by atoms with van der Waals surface area (Å²) >= 11 is 0. The molecule has 1 aliphatic rings. The third-order valence-corrected chi connectivity index (χ3v) is 6.16. The Bertz CT molecular complexity index is 1070. The number of nitrogens with zero attached hydrogens (tertiary/aromatic N) is 4. The lowest BCUT2D eigenvalue weighted by Crippen LogP contribution is -2.45. The first-order valence-corrected chi connectivity index (χ1v) is 11.9. The molecule has 2 heterocycles. The van der Waals surface area contributed by atoms with Gasteiger partial charge in [-0.2, -0.15) is 0 Å². The normalized spacial score (nSPS) is 14.6. The Kier molecular flexibility index (Phi) is 7.63. The lowest BCUT2D eigenvalue weighted by Gasteiger charge is -2.33. The summed E-state index contributed by atoms with van der Waals surface area (Å²) in [6.45, 7) is 8.73. The monoisotopic (exact) mass is 464 g/mol. The number of anilines is 1. The minimum atomic E-state index is -0.299. The summed E-state index contributed by atoms with van der Waals surface area (Å²) in [6.07, 6.45) is 0.342. The third-order valence-electron chi connectivity index (χ3n) is 6.16. The van der Waals surface area contributed by atoms with E-state index in [1.807, 2.05) is 35.2 Å². The van der Waals surface area contributed by atoms with E-state index in [0.29, 0.717) is 37.0 Å². The number of rotatable bonds is 8. The molecule has 0 aliphatic carbocycles. The fourth-order valence-electron chi connectivity index (χ4n) is 4.30. The fraction of sp³-hybridized carbons (Fsp3) is 0.407. The maximum absolute atomic E-state index is 13.6. The van der Waals surface area contributed by atoms with E-state index in [-0.39, 0.29) is 11.7 Å². The molecule has 0 spiro atoms. The number of benzene rings is 2. The Labute approximate surface area is 200 Å². The molecule has 7 heteroatoms. The number of hydrogen-bond acceptors (Lipinski definition) is 5. The van der Waals surface area contributed by atoms with Gasteiger partial charge < -0.3 is 19.2 Å². The van der Waals surface area contributed by atoms with Gasteiger partial charge in [-0.25, -0.2) is 4.39 Å². The van der Waals surface area contributed by atoms with E-state index in [0.717, 1.165) is 42.9 Å². The van der Waals surface area contributed by atoms with Crippen molar-refractivity contribution >= 4 is 11.8 Å². The summed E-state index contributed by atoms with van der Waals surface area (Å²) < 4.78 is 19.5. The highest BCUT2D eigenvalue weighted by molar-refractivity contribution is 5.79. The van der Waals surface area contributed by atoms with Crippen LogP contribution in [0.3, 0.4) is 0 Å². The van der Waals surface area contributed by atoms with E-state index in [1.165, 1.54) is 12.1 Å². The summed E-state index contributed by atoms with van der Waals surface area (Å²) in [4.78, 5) is 19.8. The lowest BCUT2D eigenvalue weighted by molar-refractivity contribution is -0.131. The molecule has 0 unspecified atom stereocenters. The van der Waals surface area contributed by atoms with Crippen LogP contribution in [-0.4, -0.2) is 60.6 Å². The molecular formula is C27H33FN4O2. The van der Waals surface area contributed by atoms with Crippen molar-refractivity contribution < 1.29 is 13.7 Å². The quantitative estimate of drug-likeness (QED) is 0.493. The van der Waals surface area contributed by atoms with E-state index in [2.05, 4.69) is 35.9 Å². The van der Waals surface area contributed by atoms with Gasteiger partial charge in [-0.3, -0.25) is 4.79 Å². The minimum Gasteiger partial charge on any atom is -0.338 e. The zero-order valence-electron chi connectivity index (χ0n) is 20.2. The van der Waals surface area contributed by atoms with Gasteiger partial charge in [0.15, 0.2) is 0 Å². The van der Waals surface area contributed by atoms with E-state index >= 15 is 0 Å². The van der Waals surface area contributed by atoms with Crippen LogP contribution in [0.4, 0.5) is 10.3 Å². The summed E-state index contributed by atoms with van der Waals surface area (Å²) in [5.74, 6) is 0.776. The van der Waals surface area contributed by atoms with Crippen molar-refractivity contribution in [3.8, 4) is 11.3 Å². The zero-order valence-corrected chi connectivity index (χ0v) is 20.2. The summed E-state index contributed by atoms with van der Waals surface area (Å²) in [5.41, 5.74) is 3.30. The van der Waals surface area contributed by atoms with Crippen LogP contribution in [0, 0.1) is 11.7 Å². The number of halogens is 1. The number of hydrogen-bond donors (Lipinski definition) is 0. The van der Waals surface area contributed by atoms with Crippen LogP contribution < -0.4 is 4.90 Å². The molecule has 1 fully saturated rings. The largest absolute Gasteiger partial charge is 0.338 e. The molecule has 1 saturated heterocycles. The molecule has 0 radical (unpaired) electrons. The third kappa shape index (κ3) is 5.83. The Morgan fingerprint density at radius 2 is 1.74 bits per heavy atom. The van der Waals surface area contributed by atoms with E-state index in [9.17, 15) is 9.18 Å². The van der Waals surface area contributed by atoms with Crippen LogP contribution >= 0.6 is 0 Å². The average molecular weight is 465 g/mol. The first kappa shape index (κ1) is 24.0. The second-order valence-corrected chi connectivity index (χ2v) is 9.44. The zero-order chi connectivity index (χ0) is 24.1. The molecule has 6 nitrogen and oxygen atoms in total. The predicted octanol–water partition coefficient (Wildman–Crippen LogP) is 4.46. The van der Waals surface area contributed by atoms with Gasteiger partial charge in [0.05, 0.1) is 18.5 Å². The number of piperazine rings is 1. The summed E-state index contributed by atoms with van der Waals surface area (Å²) in [7, 11) is 2.11. The molecule has 0 bridgehead atoms. The molecule has 1 amide bonds. The van der Waals surface area contributed by atoms with Crippen molar-refractivity contribution in [1.82, 2.24) is 15.0 Å². The van der Waals surface area contributed by atoms with Crippen LogP contribution in [0.1, 0.15) is 25.0 Å². The highest BCUT2D eigenvalue weighted by Gasteiger charge is 2.28. The maximum atomic E-state index is 13.6. The second-order valence-electron chi connectivity index (χ2n) is 9.44. The highest BCUT2D eigenvalue weighted by Crippen LogP contribution is 2.33. The summed E-state index contributed by atoms with van der Waals surface area (Å²) in [5, 5.41) is 4.40. The Morgan fingerprint density at radius 1 is 1.06 bits per heavy atom. The molecule has 1 aromatic heterocycles. The van der Waals surface area contributed by atoms with E-state index in [4.69, 9.17) is 4.52 Å². The molecule has 34 heavy (non-hydrogen) atoms. The molecule has 0 saturated carbocycles. The Balaban J connectivity index is 1.67. The maximum Gasteiger partial charge on any atom is 0.232 e. The molecule has 1 aliphatic heterocycles. The summed E-state index contributed by atoms with van der Waals surface area (Å²) in [6, 6.07) is 16.1. The van der Waals surface area contributed by atoms with E-state index in [1.54, 1.807) is 12.1 Å². The fourth-order valence-corrected chi connectivity index (χ4v) is 4.30. The molecule has 180 valence electrons. The molecule has 4 rings (SSSR count). The number of carbonyl (C=O) groups is 1. The first-order valence-electron chi connectivity index (χ1n) is 11.9. The van der Waals surface area contributed by atoms with Gasteiger partial charge in [0.2, 0.25) is 11.8 Å². The lowest BCUT2D eigenvalue weighted by atomic mass is 10.0. The van der Waals surface area contributed by atoms with E-state index < -0.39 is 0 Å². The van der Waals surface area contributed by atoms with Crippen LogP contribution in [-0.2, 0) is 17.8 Å². The van der Waals surface area contributed by atoms with Gasteiger partial charge in [-0.05, 0) is 42.8 Å². The Hall–Kier alpha value is -3.19. The number of amides is 1. The van der Waals surface area contributed by atoms with Gasteiger partial charge in [-0.15, -0.1) is 0 Å². The van der Waals surface area contributed by atoms with Gasteiger partial charge in [0.25, 0.3) is 0 Å². The topological polar surface area (TPSA) is 52.8 Å². The van der Waals surface area contributed by atoms with Crippen molar-refractivity contribution in [1.29, 1.82) is 0 Å². The van der Waals surface area contributed by atoms with Crippen molar-refractivity contribution in [2.75, 3.05) is 44.7 Å². The van der Waals surface area contributed by atoms with Crippen LogP contribution in [0.5, 0.6) is 0 Å². The standard InChI is InChI=1S/C27H33FN4O2/c1-20(2)18-32(25(33)17-21-7-5-4-6-8-21)19-24-26(22-9-11-23(28)12-10-22)29-34-27(24)31-15-13-30(3)14-16-31/h4-12,20H,13-19H2,1-3H3. The molecular weight excluding hydrogens is 431 g/mol. The first-order chi connectivity index (χ1) is 16.4. The predicted molar refractivity (Wildman–Crippen MR) is 132 cm³/mol. The van der Waals surface area contributed by atoms with Gasteiger partial charge in [0, 0.05) is 38.3 Å². The number of carbonyl (C=O) groups excluding carboxylic acids is 1.